The van der Waals surface area contributed by atoms with Gasteiger partial charge in [-0.3, -0.25) is 19.2 Å². The lowest BCUT2D eigenvalue weighted by molar-refractivity contribution is -0.133. The Balaban J connectivity index is 0.862. The van der Waals surface area contributed by atoms with Crippen LogP contribution in [0.4, 0.5) is 4.79 Å². The Morgan fingerprint density at radius 2 is 1.00 bits per heavy atom. The summed E-state index contributed by atoms with van der Waals surface area (Å²) in [5.74, 6) is -1.70. The van der Waals surface area contributed by atoms with Crippen molar-refractivity contribution >= 4 is 29.7 Å². The third kappa shape index (κ3) is 12.2. The highest BCUT2D eigenvalue weighted by Gasteiger charge is 2.49. The number of hydrogen-bond donors (Lipinski definition) is 4. The number of urea groups is 1. The van der Waals surface area contributed by atoms with Gasteiger partial charge in [0.2, 0.25) is 11.8 Å². The molecule has 7 atom stereocenters. The van der Waals surface area contributed by atoms with Gasteiger partial charge in [-0.25, -0.2) is 4.79 Å². The van der Waals surface area contributed by atoms with Crippen LogP contribution in [0.5, 0.6) is 0 Å². The summed E-state index contributed by atoms with van der Waals surface area (Å²) in [5, 5.41) is 12.4. The Morgan fingerprint density at radius 1 is 0.541 bits per heavy atom. The molecule has 2 saturated heterocycles. The zero-order chi connectivity index (χ0) is 42.6. The van der Waals surface area contributed by atoms with E-state index in [9.17, 15) is 24.0 Å². The molecule has 2 aliphatic heterocycles. The van der Waals surface area contributed by atoms with Crippen LogP contribution in [0.2, 0.25) is 0 Å². The monoisotopic (exact) mass is 831 g/mol. The van der Waals surface area contributed by atoms with Crippen LogP contribution in [0.15, 0.2) is 84.9 Å². The molecule has 0 bridgehead atoms. The lowest BCUT2D eigenvalue weighted by Gasteiger charge is -2.19. The van der Waals surface area contributed by atoms with Crippen LogP contribution >= 0.6 is 0 Å². The van der Waals surface area contributed by atoms with Crippen molar-refractivity contribution in [2.24, 2.45) is 11.8 Å². The van der Waals surface area contributed by atoms with E-state index in [0.29, 0.717) is 37.2 Å². The normalized spacial score (nSPS) is 23.9. The lowest BCUT2D eigenvalue weighted by Crippen LogP contribution is -2.44. The number of amides is 6. The molecular formula is C50H66N6O5. The second-order valence-electron chi connectivity index (χ2n) is 17.9. The van der Waals surface area contributed by atoms with Crippen molar-refractivity contribution in [3.05, 3.63) is 107 Å². The van der Waals surface area contributed by atoms with Crippen molar-refractivity contribution in [1.82, 2.24) is 31.1 Å². The first kappa shape index (κ1) is 43.9. The number of carbonyl (C=O) groups is 5. The van der Waals surface area contributed by atoms with E-state index in [2.05, 4.69) is 52.5 Å². The molecule has 11 heteroatoms. The first-order valence-corrected chi connectivity index (χ1v) is 23.2. The molecule has 7 rings (SSSR count). The molecule has 2 aliphatic carbocycles. The summed E-state index contributed by atoms with van der Waals surface area (Å²) < 4.78 is 0. The first-order valence-electron chi connectivity index (χ1n) is 23.2. The molecule has 0 aromatic heterocycles. The molecule has 326 valence electrons. The summed E-state index contributed by atoms with van der Waals surface area (Å²) in [6, 6.07) is 26.5. The van der Waals surface area contributed by atoms with E-state index in [1.807, 2.05) is 36.4 Å². The summed E-state index contributed by atoms with van der Waals surface area (Å²) in [7, 11) is 0. The molecule has 0 radical (unpaired) electrons. The number of nitrogens with zero attached hydrogens (tertiary/aromatic N) is 2. The quantitative estimate of drug-likeness (QED) is 0.0822. The molecule has 4 aliphatic rings. The molecule has 1 unspecified atom stereocenters. The largest absolute Gasteiger partial charge is 0.352 e. The van der Waals surface area contributed by atoms with Gasteiger partial charge in [-0.15, -0.1) is 0 Å². The molecular weight excluding hydrogens is 765 g/mol. The number of benzene rings is 3. The summed E-state index contributed by atoms with van der Waals surface area (Å²) in [6.45, 7) is 4.12. The van der Waals surface area contributed by atoms with Gasteiger partial charge in [-0.2, -0.15) is 0 Å². The van der Waals surface area contributed by atoms with Gasteiger partial charge in [0, 0.05) is 73.8 Å². The van der Waals surface area contributed by atoms with Gasteiger partial charge in [0.05, 0.1) is 11.8 Å². The van der Waals surface area contributed by atoms with E-state index in [4.69, 9.17) is 0 Å². The fourth-order valence-electron chi connectivity index (χ4n) is 9.34. The molecule has 6 amide bonds. The molecule has 4 fully saturated rings. The fourth-order valence-corrected chi connectivity index (χ4v) is 9.34. The van der Waals surface area contributed by atoms with Gasteiger partial charge in [0.15, 0.2) is 0 Å². The van der Waals surface area contributed by atoms with Crippen molar-refractivity contribution in [2.75, 3.05) is 32.7 Å². The molecule has 0 spiro atoms. The van der Waals surface area contributed by atoms with Gasteiger partial charge in [-0.1, -0.05) is 132 Å². The third-order valence-electron chi connectivity index (χ3n) is 13.2. The fraction of sp³-hybridized carbons (Fsp3) is 0.540. The molecule has 4 N–H and O–H groups in total. The predicted octanol–water partition coefficient (Wildman–Crippen LogP) is 7.54. The smallest absolute Gasteiger partial charge is 0.315 e. The van der Waals surface area contributed by atoms with E-state index in [1.165, 1.54) is 68.9 Å². The summed E-state index contributed by atoms with van der Waals surface area (Å²) >= 11 is 0. The average Bonchev–Trinajstić information content (AvgIpc) is 4.12. The molecule has 11 nitrogen and oxygen atoms in total. The molecule has 2 heterocycles. The van der Waals surface area contributed by atoms with Crippen molar-refractivity contribution in [3.63, 3.8) is 0 Å². The Hall–Kier alpha value is -5.19. The maximum atomic E-state index is 13.9. The van der Waals surface area contributed by atoms with E-state index >= 15 is 0 Å². The van der Waals surface area contributed by atoms with Crippen molar-refractivity contribution in [2.45, 2.75) is 127 Å². The van der Waals surface area contributed by atoms with Crippen LogP contribution in [0, 0.1) is 11.8 Å². The zero-order valence-corrected chi connectivity index (χ0v) is 36.0. The molecule has 3 aromatic carbocycles. The number of likely N-dealkylation sites (tertiary alicyclic amines) is 2. The van der Waals surface area contributed by atoms with E-state index in [-0.39, 0.29) is 72.7 Å². The predicted molar refractivity (Wildman–Crippen MR) is 238 cm³/mol. The molecule has 61 heavy (non-hydrogen) atoms. The minimum atomic E-state index is -0.681. The maximum Gasteiger partial charge on any atom is 0.315 e. The highest BCUT2D eigenvalue weighted by atomic mass is 16.2. The minimum Gasteiger partial charge on any atom is -0.352 e. The average molecular weight is 831 g/mol. The number of carbonyl (C=O) groups excluding carboxylic acids is 5. The van der Waals surface area contributed by atoms with Gasteiger partial charge >= 0.3 is 6.03 Å². The number of unbranched alkanes of at least 4 members (excludes halogenated alkanes) is 10. The van der Waals surface area contributed by atoms with Crippen molar-refractivity contribution < 1.29 is 24.0 Å². The molecule has 3 aromatic rings. The second kappa shape index (κ2) is 21.6. The first-order chi connectivity index (χ1) is 29.8. The Labute approximate surface area is 362 Å². The van der Waals surface area contributed by atoms with Gasteiger partial charge in [0.1, 0.15) is 0 Å². The SMILES string of the molecule is CCCCCCCCCCCCCNC(=O)NC1CCN(C(=O)c2ccc(C(=O)N3C[C@@H](C(=O)N[C@H]4C[C@@H]4c4ccccc4)[C@H](C(=O)N[C@H]4C[C@@H]4c4ccccc4)C3)cc2)C1. The second-order valence-corrected chi connectivity index (χ2v) is 17.9. The summed E-state index contributed by atoms with van der Waals surface area (Å²) in [6.07, 6.45) is 16.3. The Morgan fingerprint density at radius 3 is 1.49 bits per heavy atom. The summed E-state index contributed by atoms with van der Waals surface area (Å²) in [4.78, 5) is 71.0. The van der Waals surface area contributed by atoms with Gasteiger partial charge < -0.3 is 31.1 Å². The van der Waals surface area contributed by atoms with Crippen molar-refractivity contribution in [1.29, 1.82) is 0 Å². The van der Waals surface area contributed by atoms with E-state index in [1.54, 1.807) is 34.1 Å². The van der Waals surface area contributed by atoms with Crippen LogP contribution in [0.3, 0.4) is 0 Å². The highest BCUT2D eigenvalue weighted by Crippen LogP contribution is 2.42. The Bertz CT molecular complexity index is 1850. The Kier molecular flexibility index (Phi) is 15.5. The van der Waals surface area contributed by atoms with Crippen LogP contribution < -0.4 is 21.3 Å². The van der Waals surface area contributed by atoms with Crippen LogP contribution in [0.25, 0.3) is 0 Å². The highest BCUT2D eigenvalue weighted by molar-refractivity contribution is 5.99. The van der Waals surface area contributed by atoms with E-state index < -0.39 is 11.8 Å². The number of rotatable bonds is 21. The standard InChI is InChI=1S/C50H66N6O5/c1-2-3-4-5-6-7-8-9-10-11-18-28-51-50(61)52-39-27-29-55(32-39)48(59)37-23-25-38(26-24-37)49(60)56-33-42(46(57)53-44-30-40(44)35-19-14-12-15-20-35)43(34-56)47(58)54-45-31-41(45)36-21-16-13-17-22-36/h12-17,19-26,39-45H,2-11,18,27-34H2,1H3,(H,53,57)(H,54,58)(H2,51,52,61)/t39?,40-,41-,42-,43-,44+,45+/m1/s1. The van der Waals surface area contributed by atoms with Crippen LogP contribution in [0.1, 0.15) is 140 Å². The zero-order valence-electron chi connectivity index (χ0n) is 36.0. The van der Waals surface area contributed by atoms with Crippen molar-refractivity contribution in [3.8, 4) is 0 Å². The van der Waals surface area contributed by atoms with Gasteiger partial charge in [-0.05, 0) is 61.1 Å². The number of hydrogen-bond acceptors (Lipinski definition) is 5. The number of nitrogens with one attached hydrogen (secondary N) is 4. The topological polar surface area (TPSA) is 140 Å². The van der Waals surface area contributed by atoms with Gasteiger partial charge in [0.25, 0.3) is 11.8 Å². The summed E-state index contributed by atoms with van der Waals surface area (Å²) in [5.41, 5.74) is 3.22. The van der Waals surface area contributed by atoms with Crippen LogP contribution in [-0.4, -0.2) is 90.3 Å². The lowest BCUT2D eigenvalue weighted by atomic mass is 9.94. The third-order valence-corrected chi connectivity index (χ3v) is 13.2. The van der Waals surface area contributed by atoms with Crippen LogP contribution in [-0.2, 0) is 9.59 Å². The maximum absolute atomic E-state index is 13.9. The molecule has 2 saturated carbocycles. The van der Waals surface area contributed by atoms with E-state index in [0.717, 1.165) is 25.7 Å². The minimum absolute atomic E-state index is 0.00206.